The average Bonchev–Trinajstić information content (AvgIpc) is 1.63. The van der Waals surface area contributed by atoms with Gasteiger partial charge in [0.1, 0.15) is 34.7 Å². The summed E-state index contributed by atoms with van der Waals surface area (Å²) in [7, 11) is 1.60. The molecule has 0 bridgehead atoms. The average molecular weight is 1560 g/mol. The zero-order chi connectivity index (χ0) is 72.8. The quantitative estimate of drug-likeness (QED) is 0.0393. The number of carboxylic acid groups (broad SMARTS) is 1. The zero-order valence-electron chi connectivity index (χ0n) is 57.7. The highest BCUT2D eigenvalue weighted by molar-refractivity contribution is 9.10. The van der Waals surface area contributed by atoms with Crippen LogP contribution in [-0.4, -0.2) is 120 Å². The first-order valence-corrected chi connectivity index (χ1v) is 36.1. The van der Waals surface area contributed by atoms with Crippen LogP contribution in [0.1, 0.15) is 154 Å². The minimum absolute atomic E-state index is 0.0482. The minimum atomic E-state index is -1.05. The van der Waals surface area contributed by atoms with Gasteiger partial charge < -0.3 is 47.0 Å². The van der Waals surface area contributed by atoms with Gasteiger partial charge in [0.2, 0.25) is 11.8 Å². The number of aromatic nitrogens is 4. The number of pyridine rings is 4. The van der Waals surface area contributed by atoms with Gasteiger partial charge in [-0.3, -0.25) is 14.4 Å². The van der Waals surface area contributed by atoms with Gasteiger partial charge in [-0.15, -0.1) is 0 Å². The smallest absolute Gasteiger partial charge is 0.477 e. The molecule has 26 heteroatoms. The molecule has 0 atom stereocenters. The largest absolute Gasteiger partial charge is 0.496 e. The van der Waals surface area contributed by atoms with E-state index in [1.807, 2.05) is 101 Å². The number of halogens is 3. The summed E-state index contributed by atoms with van der Waals surface area (Å²) in [6.45, 7) is 8.10. The second kappa shape index (κ2) is 37.4. The van der Waals surface area contributed by atoms with Crippen LogP contribution in [0.3, 0.4) is 0 Å². The normalized spacial score (nSPS) is 16.1. The zero-order valence-corrected chi connectivity index (χ0v) is 62.4. The van der Waals surface area contributed by atoms with Gasteiger partial charge in [0.05, 0.1) is 11.2 Å². The first kappa shape index (κ1) is 78.2. The van der Waals surface area contributed by atoms with E-state index < -0.39 is 13.1 Å². The van der Waals surface area contributed by atoms with Gasteiger partial charge in [-0.2, -0.15) is 10.2 Å². The van der Waals surface area contributed by atoms with E-state index in [0.29, 0.717) is 41.8 Å². The van der Waals surface area contributed by atoms with Crippen LogP contribution in [0, 0.1) is 0 Å². The Morgan fingerprint density at radius 2 is 0.960 bits per heavy atom. The number of benzene rings is 4. The minimum Gasteiger partial charge on any atom is -0.477 e. The summed E-state index contributed by atoms with van der Waals surface area (Å²) in [4.78, 5) is 61.4. The molecular weight excluding hydrogens is 1470 g/mol. The number of carbonyl (C=O) groups is 4. The Bertz CT molecular complexity index is 4110. The monoisotopic (exact) mass is 1560 g/mol. The molecule has 8 aromatic rings. The van der Waals surface area contributed by atoms with Crippen molar-refractivity contribution in [1.29, 1.82) is 0 Å². The van der Waals surface area contributed by atoms with E-state index >= 15 is 0 Å². The number of rotatable bonds is 14. The Morgan fingerprint density at radius 1 is 0.545 bits per heavy atom. The summed E-state index contributed by atoms with van der Waals surface area (Å²) in [5, 5.41) is 38.5. The third kappa shape index (κ3) is 26.1. The van der Waals surface area contributed by atoms with Crippen LogP contribution in [0.4, 0.5) is 23.3 Å². The Kier molecular flexibility index (Phi) is 29.0. The number of amides is 3. The Balaban J connectivity index is 0.000000156. The molecule has 4 aromatic carbocycles. The highest BCUT2D eigenvalue weighted by Crippen LogP contribution is 2.42. The van der Waals surface area contributed by atoms with Crippen LogP contribution in [0.25, 0.3) is 0 Å². The highest BCUT2D eigenvalue weighted by Gasteiger charge is 2.52. The van der Waals surface area contributed by atoms with Crippen LogP contribution < -0.4 is 28.0 Å². The highest BCUT2D eigenvalue weighted by atomic mass is 79.9. The fourth-order valence-corrected chi connectivity index (χ4v) is 11.4. The lowest BCUT2D eigenvalue weighted by atomic mass is 9.80. The molecule has 10 N–H and O–H groups in total. The molecule has 14 rings (SSSR count). The molecule has 3 amide bonds. The van der Waals surface area contributed by atoms with E-state index in [1.165, 1.54) is 82.2 Å². The van der Waals surface area contributed by atoms with E-state index in [9.17, 15) is 19.2 Å². The standard InChI is InChI=1S/C21H22N4O2.C15H16N2.C12H11BrN2.C11H17BN2O2.C7H6Br2.C6H8N2O3.C3H7BO2/c1-25-20(26)10-8-18(24-25)21(27)23-19-9-5-15(13-22-19)11-14-3-2-4-17(12-14)16-6-7-16;16-15-7-4-12(10-17-15)8-11-2-1-3-14(9-11)13-5-6-13;13-11-3-1-2-9(7-11)6-10-4-5-12(14)15-8-10;1-10(2)11(3,4)16-12(15-10)8-5-6-9(13)14-7-8;8-5-6-2-1-3-7(9)4-6;1-8-5(9)3-2-4(7-8)6(10)11;5-4(6)3-1-2-3/h2-5,9,12-13,16H,6-8,10-11H2,1H3,(H,22,23,27);1-4,7,9-10,13H,5-6,8H2,(H2,16,17);1-5,7-8H,6H2,(H2,14,15);5-7H,1-4H3,(H2,13,14);1-4H,5H2;2-3H2,1H3,(H,10,11);3,5-6H,1-2H2. The molecule has 0 spiro atoms. The van der Waals surface area contributed by atoms with Gasteiger partial charge in [-0.1, -0.05) is 158 Å². The lowest BCUT2D eigenvalue weighted by Crippen LogP contribution is -2.41. The number of carboxylic acids is 1. The lowest BCUT2D eigenvalue weighted by molar-refractivity contribution is -0.132. The Morgan fingerprint density at radius 3 is 1.33 bits per heavy atom. The van der Waals surface area contributed by atoms with Crippen molar-refractivity contribution >= 4 is 126 Å². The molecule has 3 saturated carbocycles. The van der Waals surface area contributed by atoms with Crippen molar-refractivity contribution in [1.82, 2.24) is 30.0 Å². The van der Waals surface area contributed by atoms with Gasteiger partial charge in [0, 0.05) is 84.3 Å². The van der Waals surface area contributed by atoms with Crippen molar-refractivity contribution in [2.75, 3.05) is 36.6 Å². The van der Waals surface area contributed by atoms with Gasteiger partial charge in [-0.05, 0) is 189 Å². The maximum Gasteiger partial charge on any atom is 0.496 e. The molecule has 4 aromatic heterocycles. The van der Waals surface area contributed by atoms with Gasteiger partial charge in [-0.25, -0.2) is 34.7 Å². The molecule has 6 aliphatic rings. The molecule has 1 saturated heterocycles. The fourth-order valence-electron chi connectivity index (χ4n) is 10.2. The SMILES string of the molecule is BrCc1cccc(Br)c1.CC1(C)OB(c2ccc(N)nc2)OC1(C)C.CN1N=C(C(=O)Nc2ccc(Cc3cccc(C4CC4)c3)cn2)CCC1=O.CN1N=C(C(=O)O)CCC1=O.Nc1ccc(Cc2cccc(Br)c2)cn1.Nc1ccc(Cc2cccc(C3CC3)c2)cn1.OB(O)C1CC1. The summed E-state index contributed by atoms with van der Waals surface area (Å²) in [5.74, 6) is 2.32. The molecule has 7 heterocycles. The fraction of sp³-hybridized carbons (Fsp3) is 0.333. The summed E-state index contributed by atoms with van der Waals surface area (Å²) in [6, 6.07) is 49.3. The van der Waals surface area contributed by atoms with Crippen LogP contribution in [0.15, 0.2) is 190 Å². The maximum absolute atomic E-state index is 12.3. The number of hydrogen-bond acceptors (Lipinski definition) is 17. The van der Waals surface area contributed by atoms with E-state index in [2.05, 4.69) is 156 Å². The molecule has 101 heavy (non-hydrogen) atoms. The second-order valence-electron chi connectivity index (χ2n) is 26.2. The van der Waals surface area contributed by atoms with Crippen molar-refractivity contribution in [2.24, 2.45) is 10.2 Å². The van der Waals surface area contributed by atoms with Crippen LogP contribution in [0.2, 0.25) is 5.82 Å². The summed E-state index contributed by atoms with van der Waals surface area (Å²) in [6.07, 6.45) is 18.2. The predicted molar refractivity (Wildman–Crippen MR) is 410 cm³/mol. The first-order chi connectivity index (χ1) is 48.2. The maximum atomic E-state index is 12.3. The number of nitrogens with zero attached hydrogens (tertiary/aromatic N) is 8. The number of carbonyl (C=O) groups excluding carboxylic acids is 3. The van der Waals surface area contributed by atoms with E-state index in [-0.39, 0.29) is 60.4 Å². The number of anilines is 4. The summed E-state index contributed by atoms with van der Waals surface area (Å²) < 4.78 is 14.0. The van der Waals surface area contributed by atoms with Crippen molar-refractivity contribution in [3.05, 3.63) is 229 Å². The lowest BCUT2D eigenvalue weighted by Gasteiger charge is -2.32. The van der Waals surface area contributed by atoms with Gasteiger partial charge in [0.25, 0.3) is 5.91 Å². The number of nitrogen functional groups attached to an aromatic ring is 3. The summed E-state index contributed by atoms with van der Waals surface area (Å²) >= 11 is 10.2. The number of alkyl halides is 1. The second-order valence-corrected chi connectivity index (χ2v) is 28.6. The molecular formula is C75H87B2Br3N12O9. The third-order valence-corrected chi connectivity index (χ3v) is 18.9. The number of hydrogen-bond donors (Lipinski definition) is 7. The molecule has 4 fully saturated rings. The van der Waals surface area contributed by atoms with Crippen molar-refractivity contribution in [3.8, 4) is 0 Å². The van der Waals surface area contributed by atoms with E-state index in [4.69, 9.17) is 41.7 Å². The van der Waals surface area contributed by atoms with E-state index in [0.717, 1.165) is 74.3 Å². The van der Waals surface area contributed by atoms with Crippen LogP contribution in [0.5, 0.6) is 0 Å². The van der Waals surface area contributed by atoms with Gasteiger partial charge in [0.15, 0.2) is 0 Å². The predicted octanol–water partition coefficient (Wildman–Crippen LogP) is 12.9. The Hall–Kier alpha value is -8.49. The number of hydrazone groups is 2. The number of nitrogens with one attached hydrogen (secondary N) is 1. The molecule has 0 radical (unpaired) electrons. The van der Waals surface area contributed by atoms with Crippen LogP contribution >= 0.6 is 47.8 Å². The molecule has 0 unspecified atom stereocenters. The summed E-state index contributed by atoms with van der Waals surface area (Å²) in [5.41, 5.74) is 28.9. The molecule has 21 nitrogen and oxygen atoms in total. The first-order valence-electron chi connectivity index (χ1n) is 33.4. The topological polar surface area (TPSA) is 320 Å². The Labute approximate surface area is 616 Å². The van der Waals surface area contributed by atoms with Gasteiger partial charge >= 0.3 is 20.2 Å². The third-order valence-electron chi connectivity index (χ3n) is 17.2. The molecule has 3 aliphatic carbocycles. The van der Waals surface area contributed by atoms with Crippen LogP contribution in [-0.2, 0) is 53.1 Å². The number of aliphatic carboxylic acids is 1. The van der Waals surface area contributed by atoms with Crippen molar-refractivity contribution < 1.29 is 43.6 Å². The number of nitrogens with two attached hydrogens (primary N) is 3. The van der Waals surface area contributed by atoms with Crippen molar-refractivity contribution in [3.63, 3.8) is 0 Å². The van der Waals surface area contributed by atoms with Crippen molar-refractivity contribution in [2.45, 2.75) is 145 Å². The molecule has 528 valence electrons. The van der Waals surface area contributed by atoms with E-state index in [1.54, 1.807) is 31.6 Å². The molecule has 3 aliphatic heterocycles.